The largest absolute Gasteiger partial charge is 0.495 e. The topological polar surface area (TPSA) is 116 Å². The number of carbonyl (C=O) groups excluding carboxylic acids is 1. The number of rotatable bonds is 7. The van der Waals surface area contributed by atoms with Crippen LogP contribution in [0.2, 0.25) is 0 Å². The van der Waals surface area contributed by atoms with Gasteiger partial charge >= 0.3 is 6.03 Å². The Labute approximate surface area is 192 Å². The van der Waals surface area contributed by atoms with E-state index in [0.717, 1.165) is 29.7 Å². The van der Waals surface area contributed by atoms with Crippen LogP contribution in [0.25, 0.3) is 6.08 Å². The highest BCUT2D eigenvalue weighted by molar-refractivity contribution is 6.12. The van der Waals surface area contributed by atoms with Crippen molar-refractivity contribution in [2.75, 3.05) is 37.1 Å². The molecule has 0 unspecified atom stereocenters. The molecule has 0 spiro atoms. The molecule has 8 nitrogen and oxygen atoms in total. The van der Waals surface area contributed by atoms with Gasteiger partial charge in [-0.2, -0.15) is 0 Å². The van der Waals surface area contributed by atoms with Gasteiger partial charge in [-0.25, -0.2) is 9.18 Å². The summed E-state index contributed by atoms with van der Waals surface area (Å²) in [7, 11) is 1.59. The standard InChI is InChI=1S/C24H29FN6O2/c1-16(27)14-31(15-26)21-10-5-17(13-22(21)33-2)12-18-4-3-11-28-23(18)30-24(32)29-20-8-6-19(25)7-9-20/h5-10,12-13,27H,3-4,11,14-15,26H2,1-2H3,(H2,28,29,30,32). The number of urea groups is 1. The third-order valence-electron chi connectivity index (χ3n) is 5.05. The molecule has 0 radical (unpaired) electrons. The zero-order chi connectivity index (χ0) is 23.8. The Balaban J connectivity index is 1.78. The molecule has 2 amide bonds. The second-order valence-electron chi connectivity index (χ2n) is 7.68. The molecule has 3 rings (SSSR count). The number of hydrogen-bond acceptors (Lipinski definition) is 6. The van der Waals surface area contributed by atoms with Crippen LogP contribution >= 0.6 is 0 Å². The van der Waals surface area contributed by atoms with Crippen molar-refractivity contribution in [3.63, 3.8) is 0 Å². The van der Waals surface area contributed by atoms with Gasteiger partial charge in [-0.1, -0.05) is 6.07 Å². The first-order valence-corrected chi connectivity index (χ1v) is 10.7. The minimum Gasteiger partial charge on any atom is -0.495 e. The maximum absolute atomic E-state index is 13.1. The van der Waals surface area contributed by atoms with E-state index in [0.29, 0.717) is 36.1 Å². The molecule has 0 saturated carbocycles. The Morgan fingerprint density at radius 1 is 1.27 bits per heavy atom. The molecule has 1 heterocycles. The van der Waals surface area contributed by atoms with E-state index in [-0.39, 0.29) is 12.5 Å². The molecule has 0 aliphatic carbocycles. The minimum atomic E-state index is -0.443. The molecule has 2 aromatic carbocycles. The second kappa shape index (κ2) is 11.2. The van der Waals surface area contributed by atoms with Crippen molar-refractivity contribution in [2.45, 2.75) is 19.8 Å². The van der Waals surface area contributed by atoms with Gasteiger partial charge in [0.15, 0.2) is 0 Å². The van der Waals surface area contributed by atoms with Gasteiger partial charge in [0.25, 0.3) is 0 Å². The number of benzene rings is 2. The summed E-state index contributed by atoms with van der Waals surface area (Å²) in [6, 6.07) is 10.9. The molecule has 9 heteroatoms. The summed E-state index contributed by atoms with van der Waals surface area (Å²) in [5.41, 5.74) is 9.46. The average Bonchev–Trinajstić information content (AvgIpc) is 2.80. The van der Waals surface area contributed by atoms with Crippen molar-refractivity contribution >= 4 is 35.0 Å². The van der Waals surface area contributed by atoms with E-state index in [1.54, 1.807) is 14.0 Å². The van der Waals surface area contributed by atoms with Crippen LogP contribution in [0.3, 0.4) is 0 Å². The van der Waals surface area contributed by atoms with E-state index in [9.17, 15) is 9.18 Å². The van der Waals surface area contributed by atoms with Gasteiger partial charge in [-0.3, -0.25) is 10.3 Å². The van der Waals surface area contributed by atoms with Crippen molar-refractivity contribution in [2.24, 2.45) is 10.7 Å². The predicted octanol–water partition coefficient (Wildman–Crippen LogP) is 3.99. The molecule has 174 valence electrons. The lowest BCUT2D eigenvalue weighted by molar-refractivity contribution is 0.256. The quantitative estimate of drug-likeness (QED) is 0.375. The zero-order valence-corrected chi connectivity index (χ0v) is 18.8. The van der Waals surface area contributed by atoms with Crippen LogP contribution in [0.5, 0.6) is 5.75 Å². The first kappa shape index (κ1) is 23.9. The Hall–Kier alpha value is -3.72. The second-order valence-corrected chi connectivity index (χ2v) is 7.68. The number of methoxy groups -OCH3 is 1. The molecule has 0 fully saturated rings. The Kier molecular flexibility index (Phi) is 8.15. The van der Waals surface area contributed by atoms with Gasteiger partial charge in [0.05, 0.1) is 26.0 Å². The number of ether oxygens (including phenoxy) is 1. The van der Waals surface area contributed by atoms with Gasteiger partial charge < -0.3 is 26.1 Å². The number of aliphatic imine (C=N–C) groups is 1. The van der Waals surface area contributed by atoms with Crippen LogP contribution in [0.4, 0.5) is 20.6 Å². The number of carbonyl (C=O) groups is 1. The molecular formula is C24H29FN6O2. The van der Waals surface area contributed by atoms with Crippen molar-refractivity contribution in [1.29, 1.82) is 5.41 Å². The third kappa shape index (κ3) is 6.63. The van der Waals surface area contributed by atoms with E-state index in [2.05, 4.69) is 15.6 Å². The highest BCUT2D eigenvalue weighted by Crippen LogP contribution is 2.30. The van der Waals surface area contributed by atoms with Crippen LogP contribution < -0.4 is 26.0 Å². The van der Waals surface area contributed by atoms with Crippen LogP contribution in [-0.4, -0.2) is 44.4 Å². The molecule has 1 aliphatic heterocycles. The highest BCUT2D eigenvalue weighted by atomic mass is 19.1. The van der Waals surface area contributed by atoms with Crippen molar-refractivity contribution in [3.8, 4) is 5.75 Å². The third-order valence-corrected chi connectivity index (χ3v) is 5.05. The fourth-order valence-corrected chi connectivity index (χ4v) is 3.52. The first-order chi connectivity index (χ1) is 15.9. The van der Waals surface area contributed by atoms with Gasteiger partial charge in [-0.05, 0) is 73.4 Å². The first-order valence-electron chi connectivity index (χ1n) is 10.7. The number of amidine groups is 1. The predicted molar refractivity (Wildman–Crippen MR) is 131 cm³/mol. The fraction of sp³-hybridized carbons (Fsp3) is 0.292. The lowest BCUT2D eigenvalue weighted by Crippen LogP contribution is -2.36. The molecular weight excluding hydrogens is 423 g/mol. The van der Waals surface area contributed by atoms with E-state index < -0.39 is 6.03 Å². The number of nitrogens with two attached hydrogens (primary N) is 1. The number of nitrogens with zero attached hydrogens (tertiary/aromatic N) is 2. The summed E-state index contributed by atoms with van der Waals surface area (Å²) in [4.78, 5) is 18.8. The Morgan fingerprint density at radius 3 is 2.70 bits per heavy atom. The summed E-state index contributed by atoms with van der Waals surface area (Å²) >= 11 is 0. The van der Waals surface area contributed by atoms with Crippen molar-refractivity contribution in [1.82, 2.24) is 5.32 Å². The normalized spacial score (nSPS) is 14.4. The monoisotopic (exact) mass is 452 g/mol. The zero-order valence-electron chi connectivity index (χ0n) is 18.8. The molecule has 2 aromatic rings. The molecule has 0 atom stereocenters. The number of hydrogen-bond donors (Lipinski definition) is 4. The molecule has 33 heavy (non-hydrogen) atoms. The van der Waals surface area contributed by atoms with Crippen molar-refractivity contribution < 1.29 is 13.9 Å². The van der Waals surface area contributed by atoms with E-state index >= 15 is 0 Å². The molecule has 0 saturated heterocycles. The van der Waals surface area contributed by atoms with Crippen LogP contribution in [0.15, 0.2) is 53.0 Å². The average molecular weight is 453 g/mol. The van der Waals surface area contributed by atoms with Crippen LogP contribution in [0, 0.1) is 11.2 Å². The van der Waals surface area contributed by atoms with Gasteiger partial charge in [-0.15, -0.1) is 0 Å². The molecule has 5 N–H and O–H groups in total. The molecule has 0 bridgehead atoms. The number of nitrogens with one attached hydrogen (secondary N) is 3. The van der Waals surface area contributed by atoms with Gasteiger partial charge in [0.1, 0.15) is 17.4 Å². The van der Waals surface area contributed by atoms with Crippen LogP contribution in [-0.2, 0) is 0 Å². The van der Waals surface area contributed by atoms with Crippen LogP contribution in [0.1, 0.15) is 25.3 Å². The van der Waals surface area contributed by atoms with E-state index in [1.165, 1.54) is 24.3 Å². The lowest BCUT2D eigenvalue weighted by Gasteiger charge is -2.24. The molecule has 1 aliphatic rings. The lowest BCUT2D eigenvalue weighted by atomic mass is 10.0. The number of amides is 2. The van der Waals surface area contributed by atoms with E-state index in [4.69, 9.17) is 15.9 Å². The van der Waals surface area contributed by atoms with E-state index in [1.807, 2.05) is 29.2 Å². The maximum atomic E-state index is 13.1. The van der Waals surface area contributed by atoms with Gasteiger partial charge in [0.2, 0.25) is 0 Å². The fourth-order valence-electron chi connectivity index (χ4n) is 3.52. The summed E-state index contributed by atoms with van der Waals surface area (Å²) in [6.07, 6.45) is 3.62. The smallest absolute Gasteiger partial charge is 0.324 e. The summed E-state index contributed by atoms with van der Waals surface area (Å²) in [6.45, 7) is 3.03. The summed E-state index contributed by atoms with van der Waals surface area (Å²) in [5, 5.41) is 13.2. The molecule has 0 aromatic heterocycles. The summed E-state index contributed by atoms with van der Waals surface area (Å²) in [5.74, 6) is 0.783. The number of anilines is 2. The highest BCUT2D eigenvalue weighted by Gasteiger charge is 2.16. The summed E-state index contributed by atoms with van der Waals surface area (Å²) < 4.78 is 18.6. The SMILES string of the molecule is COc1cc(C=C2CCCN=C2NC(=O)Nc2ccc(F)cc2)ccc1N(CN)CC(C)=N. The Bertz CT molecular complexity index is 1070. The minimum absolute atomic E-state index is 0.261. The Morgan fingerprint density at radius 2 is 2.03 bits per heavy atom. The number of halogens is 1. The maximum Gasteiger partial charge on any atom is 0.324 e. The van der Waals surface area contributed by atoms with Crippen molar-refractivity contribution in [3.05, 3.63) is 59.4 Å². The van der Waals surface area contributed by atoms with Gasteiger partial charge in [0, 0.05) is 17.9 Å².